The molecule has 204 valence electrons. The lowest BCUT2D eigenvalue weighted by atomic mass is 10.0. The van der Waals surface area contributed by atoms with E-state index in [2.05, 4.69) is 53.2 Å². The number of hydrogen-bond acceptors (Lipinski definition) is 4. The molecule has 0 bridgehead atoms. The smallest absolute Gasteiger partial charge is 0.240 e. The van der Waals surface area contributed by atoms with Crippen LogP contribution in [0.2, 0.25) is 10.0 Å². The second-order valence-corrected chi connectivity index (χ2v) is 12.7. The first-order chi connectivity index (χ1) is 18.6. The van der Waals surface area contributed by atoms with Crippen LogP contribution in [-0.4, -0.2) is 27.1 Å². The first kappa shape index (κ1) is 27.6. The summed E-state index contributed by atoms with van der Waals surface area (Å²) in [4.78, 5) is 2.56. The number of nitrogens with one attached hydrogen (secondary N) is 1. The summed E-state index contributed by atoms with van der Waals surface area (Å²) in [6.45, 7) is 7.02. The van der Waals surface area contributed by atoms with Gasteiger partial charge in [0.25, 0.3) is 0 Å². The fourth-order valence-corrected chi connectivity index (χ4v) is 6.53. The van der Waals surface area contributed by atoms with Gasteiger partial charge in [-0.2, -0.15) is 0 Å². The predicted octanol–water partition coefficient (Wildman–Crippen LogP) is 7.38. The van der Waals surface area contributed by atoms with Crippen LogP contribution in [-0.2, 0) is 16.6 Å². The molecule has 6 nitrogen and oxygen atoms in total. The van der Waals surface area contributed by atoms with Crippen molar-refractivity contribution in [1.29, 1.82) is 0 Å². The average Bonchev–Trinajstić information content (AvgIpc) is 3.46. The third-order valence-electron chi connectivity index (χ3n) is 7.28. The number of nitrogens with zero attached hydrogens (tertiary/aromatic N) is 2. The molecule has 0 saturated carbocycles. The Labute approximate surface area is 240 Å². The molecular formula is C30H31Cl2N3O3S. The molecule has 1 aliphatic rings. The van der Waals surface area contributed by atoms with Crippen LogP contribution in [0.1, 0.15) is 48.3 Å². The standard InChI is InChI=1S/C30H31Cl2N3O3S/c1-18(2)35-27(25-16-24(39(36,37)33-4)12-13-28(25)38-5)14-21-17-34(26-15-23(32)9-6-19(26)3)29(30(21)35)20-7-10-22(31)11-8-20/h6-16,18,29,33H,17H2,1-5H3. The zero-order valence-corrected chi connectivity index (χ0v) is 24.8. The molecule has 3 aromatic carbocycles. The molecule has 0 fully saturated rings. The minimum Gasteiger partial charge on any atom is -0.496 e. The lowest BCUT2D eigenvalue weighted by Crippen LogP contribution is -2.25. The molecule has 39 heavy (non-hydrogen) atoms. The number of aryl methyl sites for hydroxylation is 1. The van der Waals surface area contributed by atoms with Gasteiger partial charge < -0.3 is 14.2 Å². The molecule has 0 radical (unpaired) electrons. The van der Waals surface area contributed by atoms with Crippen LogP contribution in [0, 0.1) is 6.92 Å². The molecule has 1 aromatic heterocycles. The summed E-state index contributed by atoms with van der Waals surface area (Å²) in [5, 5.41) is 1.36. The largest absolute Gasteiger partial charge is 0.496 e. The number of rotatable bonds is 7. The lowest BCUT2D eigenvalue weighted by molar-refractivity contribution is 0.415. The van der Waals surface area contributed by atoms with Gasteiger partial charge in [-0.3, -0.25) is 0 Å². The molecular weight excluding hydrogens is 553 g/mol. The van der Waals surface area contributed by atoms with Gasteiger partial charge in [-0.1, -0.05) is 41.4 Å². The van der Waals surface area contributed by atoms with E-state index in [1.54, 1.807) is 25.3 Å². The van der Waals surface area contributed by atoms with Crippen molar-refractivity contribution in [2.24, 2.45) is 0 Å². The van der Waals surface area contributed by atoms with Crippen molar-refractivity contribution < 1.29 is 13.2 Å². The van der Waals surface area contributed by atoms with Crippen LogP contribution in [0.25, 0.3) is 11.3 Å². The number of ether oxygens (including phenoxy) is 1. The van der Waals surface area contributed by atoms with Crippen molar-refractivity contribution in [3.8, 4) is 17.0 Å². The normalized spacial score (nSPS) is 15.2. The van der Waals surface area contributed by atoms with Gasteiger partial charge >= 0.3 is 0 Å². The molecule has 0 spiro atoms. The fourth-order valence-electron chi connectivity index (χ4n) is 5.48. The van der Waals surface area contributed by atoms with Gasteiger partial charge in [0.05, 0.1) is 29.4 Å². The second-order valence-electron chi connectivity index (χ2n) is 9.99. The Morgan fingerprint density at radius 1 is 0.974 bits per heavy atom. The van der Waals surface area contributed by atoms with E-state index < -0.39 is 10.0 Å². The monoisotopic (exact) mass is 583 g/mol. The SMILES string of the molecule is CNS(=O)(=O)c1ccc(OC)c(-c2cc3c(n2C(C)C)C(c2ccc(Cl)cc2)N(c2cc(Cl)ccc2C)C3)c1. The van der Waals surface area contributed by atoms with E-state index >= 15 is 0 Å². The summed E-state index contributed by atoms with van der Waals surface area (Å²) in [7, 11) is -0.632. The zero-order chi connectivity index (χ0) is 28.1. The maximum atomic E-state index is 12.7. The molecule has 1 atom stereocenters. The van der Waals surface area contributed by atoms with Gasteiger partial charge in [0.15, 0.2) is 0 Å². The number of aromatic nitrogens is 1. The fraction of sp³-hybridized carbons (Fsp3) is 0.267. The van der Waals surface area contributed by atoms with Crippen LogP contribution >= 0.6 is 23.2 Å². The molecule has 5 rings (SSSR count). The summed E-state index contributed by atoms with van der Waals surface area (Å²) >= 11 is 12.7. The average molecular weight is 585 g/mol. The Morgan fingerprint density at radius 3 is 2.31 bits per heavy atom. The summed E-state index contributed by atoms with van der Waals surface area (Å²) in [5.74, 6) is 0.605. The first-order valence-corrected chi connectivity index (χ1v) is 14.9. The van der Waals surface area contributed by atoms with Crippen molar-refractivity contribution in [2.75, 3.05) is 19.1 Å². The molecule has 0 amide bonds. The molecule has 0 saturated heterocycles. The Morgan fingerprint density at radius 2 is 1.67 bits per heavy atom. The van der Waals surface area contributed by atoms with E-state index in [0.717, 1.165) is 39.3 Å². The van der Waals surface area contributed by atoms with Gasteiger partial charge in [0.2, 0.25) is 10.0 Å². The molecule has 2 heterocycles. The van der Waals surface area contributed by atoms with E-state index in [9.17, 15) is 8.42 Å². The maximum absolute atomic E-state index is 12.7. The Hall–Kier alpha value is -2.97. The molecule has 0 aliphatic carbocycles. The zero-order valence-electron chi connectivity index (χ0n) is 22.5. The van der Waals surface area contributed by atoms with E-state index in [4.69, 9.17) is 27.9 Å². The van der Waals surface area contributed by atoms with Crippen LogP contribution in [0.4, 0.5) is 5.69 Å². The van der Waals surface area contributed by atoms with Gasteiger partial charge in [0, 0.05) is 33.9 Å². The number of methoxy groups -OCH3 is 1. The predicted molar refractivity (Wildman–Crippen MR) is 159 cm³/mol. The second kappa shape index (κ2) is 10.5. The number of fused-ring (bicyclic) bond motifs is 1. The molecule has 4 aromatic rings. The van der Waals surface area contributed by atoms with Crippen molar-refractivity contribution in [3.63, 3.8) is 0 Å². The topological polar surface area (TPSA) is 63.6 Å². The maximum Gasteiger partial charge on any atom is 0.240 e. The van der Waals surface area contributed by atoms with Crippen molar-refractivity contribution in [2.45, 2.75) is 44.3 Å². The first-order valence-electron chi connectivity index (χ1n) is 12.7. The highest BCUT2D eigenvalue weighted by molar-refractivity contribution is 7.89. The van der Waals surface area contributed by atoms with Gasteiger partial charge in [0.1, 0.15) is 5.75 Å². The highest BCUT2D eigenvalue weighted by atomic mass is 35.5. The third-order valence-corrected chi connectivity index (χ3v) is 9.18. The summed E-state index contributed by atoms with van der Waals surface area (Å²) in [6.07, 6.45) is 0. The number of hydrogen-bond donors (Lipinski definition) is 1. The van der Waals surface area contributed by atoms with Crippen molar-refractivity contribution in [1.82, 2.24) is 9.29 Å². The van der Waals surface area contributed by atoms with Gasteiger partial charge in [-0.05, 0) is 93.0 Å². The Balaban J connectivity index is 1.76. The molecule has 1 N–H and O–H groups in total. The van der Waals surface area contributed by atoms with Gasteiger partial charge in [-0.15, -0.1) is 0 Å². The Bertz CT molecular complexity index is 1650. The molecule has 1 unspecified atom stereocenters. The summed E-state index contributed by atoms with van der Waals surface area (Å²) in [6, 6.07) is 21.0. The number of anilines is 1. The third kappa shape index (κ3) is 4.93. The number of sulfonamides is 1. The number of halogens is 2. The van der Waals surface area contributed by atoms with Crippen LogP contribution in [0.5, 0.6) is 5.75 Å². The van der Waals surface area contributed by atoms with Crippen molar-refractivity contribution in [3.05, 3.63) is 99.2 Å². The van der Waals surface area contributed by atoms with E-state index in [1.807, 2.05) is 30.3 Å². The Kier molecular flexibility index (Phi) is 7.46. The van der Waals surface area contributed by atoms with Crippen LogP contribution in [0.15, 0.2) is 71.6 Å². The molecule has 9 heteroatoms. The lowest BCUT2D eigenvalue weighted by Gasteiger charge is -2.32. The summed E-state index contributed by atoms with van der Waals surface area (Å²) in [5.41, 5.74) is 7.22. The quantitative estimate of drug-likeness (QED) is 0.246. The number of benzene rings is 3. The molecule has 1 aliphatic heterocycles. The van der Waals surface area contributed by atoms with Crippen molar-refractivity contribution >= 4 is 38.9 Å². The minimum absolute atomic E-state index is 0.0771. The van der Waals surface area contributed by atoms with E-state index in [0.29, 0.717) is 22.3 Å². The highest BCUT2D eigenvalue weighted by Gasteiger charge is 2.38. The van der Waals surface area contributed by atoms with Gasteiger partial charge in [-0.25, -0.2) is 13.1 Å². The minimum atomic E-state index is -3.64. The highest BCUT2D eigenvalue weighted by Crippen LogP contribution is 2.48. The summed E-state index contributed by atoms with van der Waals surface area (Å²) < 4.78 is 35.8. The van der Waals surface area contributed by atoms with E-state index in [-0.39, 0.29) is 17.0 Å². The van der Waals surface area contributed by atoms with Crippen LogP contribution in [0.3, 0.4) is 0 Å². The van der Waals surface area contributed by atoms with Crippen LogP contribution < -0.4 is 14.4 Å². The van der Waals surface area contributed by atoms with E-state index in [1.165, 1.54) is 7.05 Å².